The lowest BCUT2D eigenvalue weighted by atomic mass is 9.49. The van der Waals surface area contributed by atoms with Gasteiger partial charge in [0.1, 0.15) is 0 Å². The van der Waals surface area contributed by atoms with Gasteiger partial charge in [0.2, 0.25) is 0 Å². The molecule has 0 spiro atoms. The van der Waals surface area contributed by atoms with Crippen LogP contribution in [0, 0.1) is 22.7 Å². The van der Waals surface area contributed by atoms with Crippen LogP contribution < -0.4 is 0 Å². The fourth-order valence-corrected chi connectivity index (χ4v) is 5.17. The van der Waals surface area contributed by atoms with Crippen LogP contribution in [-0.2, 0) is 0 Å². The van der Waals surface area contributed by atoms with E-state index in [1.807, 2.05) is 0 Å². The summed E-state index contributed by atoms with van der Waals surface area (Å²) < 4.78 is 0. The molecule has 3 aliphatic rings. The van der Waals surface area contributed by atoms with Crippen molar-refractivity contribution in [3.63, 3.8) is 0 Å². The van der Waals surface area contributed by atoms with E-state index in [1.165, 1.54) is 32.1 Å². The Kier molecular flexibility index (Phi) is 2.11. The number of fused-ring (bicyclic) bond motifs is 4. The third kappa shape index (κ3) is 1.40. The first kappa shape index (κ1) is 11.1. The van der Waals surface area contributed by atoms with E-state index in [-0.39, 0.29) is 5.60 Å². The van der Waals surface area contributed by atoms with Gasteiger partial charge < -0.3 is 5.11 Å². The van der Waals surface area contributed by atoms with Gasteiger partial charge in [-0.2, -0.15) is 0 Å². The Labute approximate surface area is 99.6 Å². The Hall–Kier alpha value is -0.0400. The van der Waals surface area contributed by atoms with E-state index in [0.717, 1.165) is 18.8 Å². The summed E-state index contributed by atoms with van der Waals surface area (Å²) in [7, 11) is 0. The van der Waals surface area contributed by atoms with Gasteiger partial charge in [-0.3, -0.25) is 0 Å². The van der Waals surface area contributed by atoms with Crippen molar-refractivity contribution < 1.29 is 5.11 Å². The molecule has 0 heterocycles. The predicted molar refractivity (Wildman–Crippen MR) is 66.1 cm³/mol. The van der Waals surface area contributed by atoms with Crippen LogP contribution in [0.25, 0.3) is 0 Å². The fourth-order valence-electron chi connectivity index (χ4n) is 5.17. The third-order valence-electron chi connectivity index (χ3n) is 6.11. The van der Waals surface area contributed by atoms with Gasteiger partial charge in [0, 0.05) is 0 Å². The van der Waals surface area contributed by atoms with Crippen molar-refractivity contribution in [2.24, 2.45) is 22.7 Å². The van der Waals surface area contributed by atoms with Crippen molar-refractivity contribution in [3.8, 4) is 0 Å². The molecule has 1 N–H and O–H groups in total. The van der Waals surface area contributed by atoms with Crippen LogP contribution in [0.5, 0.6) is 0 Å². The van der Waals surface area contributed by atoms with Crippen molar-refractivity contribution in [1.29, 1.82) is 0 Å². The first-order chi connectivity index (χ1) is 7.35. The Morgan fingerprint density at radius 1 is 1.00 bits per heavy atom. The van der Waals surface area contributed by atoms with Gasteiger partial charge >= 0.3 is 0 Å². The van der Waals surface area contributed by atoms with E-state index >= 15 is 0 Å². The van der Waals surface area contributed by atoms with Crippen molar-refractivity contribution >= 4 is 0 Å². The van der Waals surface area contributed by atoms with Crippen molar-refractivity contribution in [2.75, 3.05) is 0 Å². The van der Waals surface area contributed by atoms with Crippen molar-refractivity contribution in [2.45, 2.75) is 71.3 Å². The molecule has 0 saturated heterocycles. The molecular weight excluding hydrogens is 196 g/mol. The largest absolute Gasteiger partial charge is 0.390 e. The molecule has 16 heavy (non-hydrogen) atoms. The summed E-state index contributed by atoms with van der Waals surface area (Å²) in [4.78, 5) is 0. The van der Waals surface area contributed by atoms with Crippen LogP contribution in [-0.4, -0.2) is 10.7 Å². The molecule has 3 fully saturated rings. The molecule has 0 aromatic heterocycles. The molecule has 2 bridgehead atoms. The summed E-state index contributed by atoms with van der Waals surface area (Å²) in [5.41, 5.74) is 0.637. The van der Waals surface area contributed by atoms with Crippen LogP contribution in [0.3, 0.4) is 0 Å². The highest BCUT2D eigenvalue weighted by atomic mass is 16.3. The fraction of sp³-hybridized carbons (Fsp3) is 1.00. The minimum atomic E-state index is -0.302. The SMILES string of the molecule is CC1(C)C[C@@H]2[C@H]1CC[C@]1(C)CCC[C@@]2(O)C1. The molecule has 0 radical (unpaired) electrons. The molecule has 0 unspecified atom stereocenters. The molecule has 4 atom stereocenters. The Morgan fingerprint density at radius 2 is 1.75 bits per heavy atom. The van der Waals surface area contributed by atoms with Crippen LogP contribution >= 0.6 is 0 Å². The molecule has 3 saturated carbocycles. The van der Waals surface area contributed by atoms with Crippen LogP contribution in [0.4, 0.5) is 0 Å². The lowest BCUT2D eigenvalue weighted by molar-refractivity contribution is -0.161. The second-order valence-electron chi connectivity index (χ2n) is 7.89. The summed E-state index contributed by atoms with van der Waals surface area (Å²) in [5.74, 6) is 1.40. The van der Waals surface area contributed by atoms with E-state index in [1.54, 1.807) is 0 Å². The van der Waals surface area contributed by atoms with Gasteiger partial charge in [-0.15, -0.1) is 0 Å². The summed E-state index contributed by atoms with van der Waals surface area (Å²) >= 11 is 0. The van der Waals surface area contributed by atoms with Gasteiger partial charge in [-0.05, 0) is 61.2 Å². The third-order valence-corrected chi connectivity index (χ3v) is 6.11. The van der Waals surface area contributed by atoms with E-state index in [9.17, 15) is 5.11 Å². The number of rotatable bonds is 0. The van der Waals surface area contributed by atoms with Crippen LogP contribution in [0.1, 0.15) is 65.7 Å². The van der Waals surface area contributed by atoms with Gasteiger partial charge in [0.15, 0.2) is 0 Å². The maximum Gasteiger partial charge on any atom is 0.0684 e. The Balaban J connectivity index is 1.92. The van der Waals surface area contributed by atoms with Gasteiger partial charge in [-0.1, -0.05) is 27.2 Å². The summed E-state index contributed by atoms with van der Waals surface area (Å²) in [5, 5.41) is 11.0. The lowest BCUT2D eigenvalue weighted by Gasteiger charge is -2.58. The molecule has 0 aliphatic heterocycles. The normalized spacial score (nSPS) is 54.8. The van der Waals surface area contributed by atoms with E-state index in [4.69, 9.17) is 0 Å². The van der Waals surface area contributed by atoms with Gasteiger partial charge in [0.25, 0.3) is 0 Å². The monoisotopic (exact) mass is 222 g/mol. The van der Waals surface area contributed by atoms with Crippen molar-refractivity contribution in [3.05, 3.63) is 0 Å². The van der Waals surface area contributed by atoms with Crippen LogP contribution in [0.2, 0.25) is 0 Å². The Morgan fingerprint density at radius 3 is 2.44 bits per heavy atom. The second kappa shape index (κ2) is 3.04. The van der Waals surface area contributed by atoms with Gasteiger partial charge in [-0.25, -0.2) is 0 Å². The van der Waals surface area contributed by atoms with E-state index in [0.29, 0.717) is 16.7 Å². The number of aliphatic hydroxyl groups is 1. The zero-order chi connectivity index (χ0) is 11.6. The smallest absolute Gasteiger partial charge is 0.0684 e. The Bertz CT molecular complexity index is 309. The maximum atomic E-state index is 11.0. The van der Waals surface area contributed by atoms with Crippen LogP contribution in [0.15, 0.2) is 0 Å². The molecular formula is C15H26O. The predicted octanol–water partition coefficient (Wildman–Crippen LogP) is 3.75. The molecule has 0 amide bonds. The number of hydrogen-bond acceptors (Lipinski definition) is 1. The summed E-state index contributed by atoms with van der Waals surface area (Å²) in [6, 6.07) is 0. The highest BCUT2D eigenvalue weighted by molar-refractivity contribution is 5.10. The van der Waals surface area contributed by atoms with E-state index < -0.39 is 0 Å². The minimum absolute atomic E-state index is 0.302. The average Bonchev–Trinajstić information content (AvgIpc) is 2.19. The highest BCUT2D eigenvalue weighted by Gasteiger charge is 2.59. The zero-order valence-electron chi connectivity index (χ0n) is 11.1. The summed E-state index contributed by atoms with van der Waals surface area (Å²) in [6.07, 6.45) is 8.70. The van der Waals surface area contributed by atoms with Gasteiger partial charge in [0.05, 0.1) is 5.60 Å². The van der Waals surface area contributed by atoms with E-state index in [2.05, 4.69) is 20.8 Å². The molecule has 92 valence electrons. The minimum Gasteiger partial charge on any atom is -0.390 e. The molecule has 0 aromatic carbocycles. The molecule has 3 aliphatic carbocycles. The summed E-state index contributed by atoms with van der Waals surface area (Å²) in [6.45, 7) is 7.21. The first-order valence-corrected chi connectivity index (χ1v) is 7.07. The standard InChI is InChI=1S/C15H26O/c1-13(2)9-12-11(13)5-8-14(3)6-4-7-15(12,16)10-14/h11-12,16H,4-10H2,1-3H3/t11-,12-,14+,15-/m1/s1. The first-order valence-electron chi connectivity index (χ1n) is 7.07. The molecule has 1 heteroatoms. The molecule has 0 aromatic rings. The highest BCUT2D eigenvalue weighted by Crippen LogP contribution is 2.64. The second-order valence-corrected chi connectivity index (χ2v) is 7.89. The lowest BCUT2D eigenvalue weighted by Crippen LogP contribution is -2.56. The van der Waals surface area contributed by atoms with Crippen molar-refractivity contribution in [1.82, 2.24) is 0 Å². The maximum absolute atomic E-state index is 11.0. The topological polar surface area (TPSA) is 20.2 Å². The zero-order valence-corrected chi connectivity index (χ0v) is 11.1. The molecule has 1 nitrogen and oxygen atoms in total. The molecule has 3 rings (SSSR count). The number of hydrogen-bond donors (Lipinski definition) is 1. The quantitative estimate of drug-likeness (QED) is 0.662. The average molecular weight is 222 g/mol.